The van der Waals surface area contributed by atoms with E-state index in [9.17, 15) is 18.0 Å². The lowest BCUT2D eigenvalue weighted by Gasteiger charge is -2.47. The van der Waals surface area contributed by atoms with Crippen molar-refractivity contribution in [2.24, 2.45) is 11.3 Å². The lowest BCUT2D eigenvalue weighted by atomic mass is 9.72. The molecule has 26 heavy (non-hydrogen) atoms. The Morgan fingerprint density at radius 2 is 1.69 bits per heavy atom. The first-order valence-electron chi connectivity index (χ1n) is 9.58. The van der Waals surface area contributed by atoms with Gasteiger partial charge in [0.1, 0.15) is 5.82 Å². The third-order valence-electron chi connectivity index (χ3n) is 6.32. The van der Waals surface area contributed by atoms with Crippen molar-refractivity contribution in [3.05, 3.63) is 35.1 Å². The molecule has 0 aromatic heterocycles. The SMILES string of the molecule is O=C1CCC2(CCN(Cc3cc(F)c(F)cc3F)CC2)CN1CC1CC1. The van der Waals surface area contributed by atoms with E-state index in [4.69, 9.17) is 0 Å². The maximum absolute atomic E-state index is 13.9. The summed E-state index contributed by atoms with van der Waals surface area (Å²) >= 11 is 0. The lowest BCUT2D eigenvalue weighted by molar-refractivity contribution is -0.139. The van der Waals surface area contributed by atoms with Crippen LogP contribution in [0.3, 0.4) is 0 Å². The molecule has 142 valence electrons. The van der Waals surface area contributed by atoms with Gasteiger partial charge in [-0.1, -0.05) is 0 Å². The topological polar surface area (TPSA) is 23.6 Å². The van der Waals surface area contributed by atoms with Crippen LogP contribution in [0.4, 0.5) is 13.2 Å². The third-order valence-corrected chi connectivity index (χ3v) is 6.32. The van der Waals surface area contributed by atoms with Gasteiger partial charge in [0.2, 0.25) is 5.91 Å². The zero-order chi connectivity index (χ0) is 18.3. The van der Waals surface area contributed by atoms with Crippen LogP contribution in [-0.4, -0.2) is 41.9 Å². The number of hydrogen-bond donors (Lipinski definition) is 0. The van der Waals surface area contributed by atoms with Gasteiger partial charge in [-0.15, -0.1) is 0 Å². The molecule has 0 radical (unpaired) electrons. The van der Waals surface area contributed by atoms with Crippen LogP contribution in [0.25, 0.3) is 0 Å². The molecule has 2 heterocycles. The Morgan fingerprint density at radius 1 is 1.00 bits per heavy atom. The average Bonchev–Trinajstić information content (AvgIpc) is 3.42. The molecule has 1 aromatic rings. The molecule has 1 aliphatic carbocycles. The summed E-state index contributed by atoms with van der Waals surface area (Å²) in [4.78, 5) is 16.4. The maximum atomic E-state index is 13.9. The lowest BCUT2D eigenvalue weighted by Crippen LogP contribution is -2.51. The van der Waals surface area contributed by atoms with Crippen molar-refractivity contribution < 1.29 is 18.0 Å². The summed E-state index contributed by atoms with van der Waals surface area (Å²) in [5, 5.41) is 0. The molecule has 1 saturated carbocycles. The number of rotatable bonds is 4. The molecule has 1 aromatic carbocycles. The van der Waals surface area contributed by atoms with Crippen LogP contribution in [0.5, 0.6) is 0 Å². The van der Waals surface area contributed by atoms with Gasteiger partial charge in [0.25, 0.3) is 0 Å². The molecule has 0 bridgehead atoms. The molecule has 3 nitrogen and oxygen atoms in total. The summed E-state index contributed by atoms with van der Waals surface area (Å²) in [5.74, 6) is -1.86. The van der Waals surface area contributed by atoms with Crippen molar-refractivity contribution >= 4 is 5.91 Å². The largest absolute Gasteiger partial charge is 0.342 e. The van der Waals surface area contributed by atoms with Crippen molar-refractivity contribution in [3.63, 3.8) is 0 Å². The van der Waals surface area contributed by atoms with Crippen molar-refractivity contribution in [1.82, 2.24) is 9.80 Å². The fourth-order valence-corrected chi connectivity index (χ4v) is 4.40. The second kappa shape index (κ2) is 6.87. The molecule has 1 amide bonds. The van der Waals surface area contributed by atoms with E-state index in [-0.39, 0.29) is 16.9 Å². The minimum Gasteiger partial charge on any atom is -0.342 e. The van der Waals surface area contributed by atoms with Gasteiger partial charge in [0, 0.05) is 37.7 Å². The van der Waals surface area contributed by atoms with Gasteiger partial charge in [-0.2, -0.15) is 0 Å². The summed E-state index contributed by atoms with van der Waals surface area (Å²) < 4.78 is 40.3. The Kier molecular flexibility index (Phi) is 4.71. The van der Waals surface area contributed by atoms with E-state index in [1.165, 1.54) is 12.8 Å². The van der Waals surface area contributed by atoms with E-state index < -0.39 is 17.5 Å². The molecule has 6 heteroatoms. The average molecular weight is 366 g/mol. The molecule has 0 unspecified atom stereocenters. The predicted octanol–water partition coefficient (Wildman–Crippen LogP) is 3.72. The Labute approximate surface area is 152 Å². The standard InChI is InChI=1S/C20H25F3N2O/c21-16-10-18(23)17(22)9-15(16)12-24-7-5-20(6-8-24)4-3-19(26)25(13-20)11-14-1-2-14/h9-10,14H,1-8,11-13H2. The van der Waals surface area contributed by atoms with E-state index >= 15 is 0 Å². The highest BCUT2D eigenvalue weighted by Gasteiger charge is 2.42. The molecule has 2 aliphatic heterocycles. The first-order chi connectivity index (χ1) is 12.4. The Bertz CT molecular complexity index is 697. The highest BCUT2D eigenvalue weighted by molar-refractivity contribution is 5.77. The van der Waals surface area contributed by atoms with Crippen LogP contribution in [0, 0.1) is 28.8 Å². The number of halogens is 3. The highest BCUT2D eigenvalue weighted by Crippen LogP contribution is 2.42. The van der Waals surface area contributed by atoms with Crippen LogP contribution < -0.4 is 0 Å². The van der Waals surface area contributed by atoms with Crippen molar-refractivity contribution in [2.75, 3.05) is 26.2 Å². The quantitative estimate of drug-likeness (QED) is 0.759. The number of benzene rings is 1. The van der Waals surface area contributed by atoms with Crippen molar-refractivity contribution in [3.8, 4) is 0 Å². The number of likely N-dealkylation sites (tertiary alicyclic amines) is 2. The van der Waals surface area contributed by atoms with Crippen LogP contribution in [0.2, 0.25) is 0 Å². The zero-order valence-electron chi connectivity index (χ0n) is 14.9. The summed E-state index contributed by atoms with van der Waals surface area (Å²) in [6.07, 6.45) is 5.97. The fraction of sp³-hybridized carbons (Fsp3) is 0.650. The second-order valence-electron chi connectivity index (χ2n) is 8.35. The fourth-order valence-electron chi connectivity index (χ4n) is 4.40. The van der Waals surface area contributed by atoms with Crippen LogP contribution in [0.15, 0.2) is 12.1 Å². The predicted molar refractivity (Wildman–Crippen MR) is 91.8 cm³/mol. The number of amides is 1. The number of piperidine rings is 2. The van der Waals surface area contributed by atoms with E-state index in [0.717, 1.165) is 51.5 Å². The monoisotopic (exact) mass is 366 g/mol. The van der Waals surface area contributed by atoms with Crippen LogP contribution in [-0.2, 0) is 11.3 Å². The normalized spacial score (nSPS) is 23.7. The molecule has 4 rings (SSSR count). The molecular formula is C20H25F3N2O. The van der Waals surface area contributed by atoms with E-state index in [1.807, 2.05) is 0 Å². The molecule has 2 saturated heterocycles. The molecule has 3 fully saturated rings. The minimum absolute atomic E-state index is 0.173. The number of nitrogens with zero attached hydrogens (tertiary/aromatic N) is 2. The van der Waals surface area contributed by atoms with Crippen molar-refractivity contribution in [1.29, 1.82) is 0 Å². The van der Waals surface area contributed by atoms with Gasteiger partial charge in [0.15, 0.2) is 11.6 Å². The van der Waals surface area contributed by atoms with Crippen molar-refractivity contribution in [2.45, 2.75) is 45.1 Å². The van der Waals surface area contributed by atoms with E-state index in [1.54, 1.807) is 0 Å². The summed E-state index contributed by atoms with van der Waals surface area (Å²) in [7, 11) is 0. The Hall–Kier alpha value is -1.56. The van der Waals surface area contributed by atoms with Gasteiger partial charge < -0.3 is 4.90 Å². The van der Waals surface area contributed by atoms with Crippen LogP contribution >= 0.6 is 0 Å². The maximum Gasteiger partial charge on any atom is 0.222 e. The minimum atomic E-state index is -1.15. The third kappa shape index (κ3) is 3.75. The molecule has 0 atom stereocenters. The van der Waals surface area contributed by atoms with Gasteiger partial charge in [-0.25, -0.2) is 13.2 Å². The molecule has 1 spiro atoms. The Morgan fingerprint density at radius 3 is 2.38 bits per heavy atom. The second-order valence-corrected chi connectivity index (χ2v) is 8.35. The number of carbonyl (C=O) groups excluding carboxylic acids is 1. The highest BCUT2D eigenvalue weighted by atomic mass is 19.2. The summed E-state index contributed by atoms with van der Waals surface area (Å²) in [6.45, 7) is 3.64. The van der Waals surface area contributed by atoms with Gasteiger partial charge in [-0.3, -0.25) is 9.69 Å². The first kappa shape index (κ1) is 17.8. The van der Waals surface area contributed by atoms with E-state index in [2.05, 4.69) is 9.80 Å². The molecular weight excluding hydrogens is 341 g/mol. The van der Waals surface area contributed by atoms with E-state index in [0.29, 0.717) is 24.9 Å². The van der Waals surface area contributed by atoms with Gasteiger partial charge >= 0.3 is 0 Å². The molecule has 3 aliphatic rings. The van der Waals surface area contributed by atoms with Gasteiger partial charge in [-0.05, 0) is 62.6 Å². The number of carbonyl (C=O) groups is 1. The number of hydrogen-bond acceptors (Lipinski definition) is 2. The molecule has 0 N–H and O–H groups in total. The smallest absolute Gasteiger partial charge is 0.222 e. The zero-order valence-corrected chi connectivity index (χ0v) is 14.9. The first-order valence-corrected chi connectivity index (χ1v) is 9.58. The summed E-state index contributed by atoms with van der Waals surface area (Å²) in [6, 6.07) is 1.59. The van der Waals surface area contributed by atoms with Crippen LogP contribution in [0.1, 0.15) is 44.1 Å². The van der Waals surface area contributed by atoms with Gasteiger partial charge in [0.05, 0.1) is 0 Å². The Balaban J connectivity index is 1.36. The summed E-state index contributed by atoms with van der Waals surface area (Å²) in [5.41, 5.74) is 0.375.